The number of sulfonamides is 1. The molecular weight excluding hydrogens is 388 g/mol. The fraction of sp³-hybridized carbons (Fsp3) is 0.333. The average molecular weight is 413 g/mol. The SMILES string of the molecule is CNS(=O)(=O)c1ccc(CCC(=O)Nc2ccc3nc(C4CCC4)[nH]c3c2)cc1. The number of nitrogens with one attached hydrogen (secondary N) is 3. The van der Waals surface area contributed by atoms with Crippen molar-refractivity contribution in [2.75, 3.05) is 12.4 Å². The Bertz CT molecular complexity index is 1130. The minimum atomic E-state index is -3.44. The third kappa shape index (κ3) is 4.33. The molecule has 1 aliphatic rings. The largest absolute Gasteiger partial charge is 0.342 e. The molecule has 0 radical (unpaired) electrons. The fourth-order valence-corrected chi connectivity index (χ4v) is 4.15. The molecule has 1 heterocycles. The summed E-state index contributed by atoms with van der Waals surface area (Å²) in [6.45, 7) is 0. The molecule has 0 atom stereocenters. The first-order valence-electron chi connectivity index (χ1n) is 9.76. The molecule has 1 aromatic heterocycles. The topological polar surface area (TPSA) is 104 Å². The molecule has 3 N–H and O–H groups in total. The van der Waals surface area contributed by atoms with Gasteiger partial charge in [0.15, 0.2) is 0 Å². The monoisotopic (exact) mass is 412 g/mol. The molecule has 0 unspecified atom stereocenters. The van der Waals surface area contributed by atoms with Gasteiger partial charge in [-0.1, -0.05) is 18.6 Å². The quantitative estimate of drug-likeness (QED) is 0.554. The van der Waals surface area contributed by atoms with Gasteiger partial charge in [0.25, 0.3) is 0 Å². The number of carbonyl (C=O) groups excluding carboxylic acids is 1. The molecule has 1 aliphatic carbocycles. The number of anilines is 1. The lowest BCUT2D eigenvalue weighted by Gasteiger charge is -2.22. The summed E-state index contributed by atoms with van der Waals surface area (Å²) in [5.41, 5.74) is 3.50. The summed E-state index contributed by atoms with van der Waals surface area (Å²) in [7, 11) is -2.07. The van der Waals surface area contributed by atoms with E-state index < -0.39 is 10.0 Å². The first kappa shape index (κ1) is 19.6. The van der Waals surface area contributed by atoms with Crippen molar-refractivity contribution in [3.63, 3.8) is 0 Å². The summed E-state index contributed by atoms with van der Waals surface area (Å²) in [6.07, 6.45) is 4.48. The van der Waals surface area contributed by atoms with Crippen LogP contribution in [0, 0.1) is 0 Å². The predicted molar refractivity (Wildman–Crippen MR) is 112 cm³/mol. The van der Waals surface area contributed by atoms with Gasteiger partial charge in [0, 0.05) is 18.0 Å². The van der Waals surface area contributed by atoms with E-state index in [1.54, 1.807) is 24.3 Å². The summed E-state index contributed by atoms with van der Waals surface area (Å²) in [5.74, 6) is 1.49. The third-order valence-electron chi connectivity index (χ3n) is 5.42. The zero-order valence-electron chi connectivity index (χ0n) is 16.2. The number of rotatable bonds is 7. The van der Waals surface area contributed by atoms with Crippen LogP contribution in [0.2, 0.25) is 0 Å². The summed E-state index contributed by atoms with van der Waals surface area (Å²) in [5, 5.41) is 2.92. The lowest BCUT2D eigenvalue weighted by atomic mass is 9.85. The van der Waals surface area contributed by atoms with Crippen molar-refractivity contribution < 1.29 is 13.2 Å². The van der Waals surface area contributed by atoms with Crippen molar-refractivity contribution in [2.45, 2.75) is 42.9 Å². The number of carbonyl (C=O) groups is 1. The number of aryl methyl sites for hydroxylation is 1. The molecule has 3 aromatic rings. The number of hydrogen-bond donors (Lipinski definition) is 3. The Kier molecular flexibility index (Phi) is 5.38. The van der Waals surface area contributed by atoms with Crippen LogP contribution < -0.4 is 10.0 Å². The number of nitrogens with zero attached hydrogens (tertiary/aromatic N) is 1. The molecule has 0 bridgehead atoms. The Morgan fingerprint density at radius 2 is 1.93 bits per heavy atom. The van der Waals surface area contributed by atoms with E-state index in [-0.39, 0.29) is 10.8 Å². The molecular formula is C21H24N4O3S. The molecule has 8 heteroatoms. The Balaban J connectivity index is 1.35. The highest BCUT2D eigenvalue weighted by atomic mass is 32.2. The lowest BCUT2D eigenvalue weighted by molar-refractivity contribution is -0.116. The lowest BCUT2D eigenvalue weighted by Crippen LogP contribution is -2.18. The highest BCUT2D eigenvalue weighted by molar-refractivity contribution is 7.89. The number of amides is 1. The van der Waals surface area contributed by atoms with Gasteiger partial charge in [0.2, 0.25) is 15.9 Å². The van der Waals surface area contributed by atoms with E-state index in [1.807, 2.05) is 18.2 Å². The van der Waals surface area contributed by atoms with Crippen LogP contribution in [0.1, 0.15) is 43.0 Å². The highest BCUT2D eigenvalue weighted by Crippen LogP contribution is 2.35. The van der Waals surface area contributed by atoms with Gasteiger partial charge in [-0.3, -0.25) is 4.79 Å². The zero-order chi connectivity index (χ0) is 20.4. The van der Waals surface area contributed by atoms with E-state index in [4.69, 9.17) is 0 Å². The van der Waals surface area contributed by atoms with Crippen LogP contribution in [0.3, 0.4) is 0 Å². The zero-order valence-corrected chi connectivity index (χ0v) is 17.1. The Hall–Kier alpha value is -2.71. The molecule has 2 aromatic carbocycles. The van der Waals surface area contributed by atoms with Gasteiger partial charge in [-0.05, 0) is 62.2 Å². The Labute approximate surface area is 170 Å². The van der Waals surface area contributed by atoms with Gasteiger partial charge >= 0.3 is 0 Å². The van der Waals surface area contributed by atoms with Crippen molar-refractivity contribution in [3.05, 3.63) is 53.9 Å². The summed E-state index contributed by atoms with van der Waals surface area (Å²) >= 11 is 0. The fourth-order valence-electron chi connectivity index (χ4n) is 3.42. The van der Waals surface area contributed by atoms with Gasteiger partial charge in [0.1, 0.15) is 5.82 Å². The molecule has 0 aliphatic heterocycles. The molecule has 1 amide bonds. The molecule has 0 spiro atoms. The second kappa shape index (κ2) is 7.96. The predicted octanol–water partition coefficient (Wildman–Crippen LogP) is 3.31. The van der Waals surface area contributed by atoms with Crippen molar-refractivity contribution in [1.29, 1.82) is 0 Å². The maximum Gasteiger partial charge on any atom is 0.240 e. The maximum atomic E-state index is 12.3. The number of fused-ring (bicyclic) bond motifs is 1. The second-order valence-corrected chi connectivity index (χ2v) is 9.27. The van der Waals surface area contributed by atoms with Crippen LogP contribution in [0.25, 0.3) is 11.0 Å². The van der Waals surface area contributed by atoms with E-state index in [9.17, 15) is 13.2 Å². The van der Waals surface area contributed by atoms with Crippen molar-refractivity contribution in [3.8, 4) is 0 Å². The van der Waals surface area contributed by atoms with Gasteiger partial charge in [-0.15, -0.1) is 0 Å². The minimum Gasteiger partial charge on any atom is -0.342 e. The molecule has 152 valence electrons. The van der Waals surface area contributed by atoms with Crippen molar-refractivity contribution in [2.24, 2.45) is 0 Å². The van der Waals surface area contributed by atoms with Crippen molar-refractivity contribution >= 4 is 32.7 Å². The maximum absolute atomic E-state index is 12.3. The first-order valence-corrected chi connectivity index (χ1v) is 11.2. The number of H-pyrrole nitrogens is 1. The van der Waals surface area contributed by atoms with Crippen LogP contribution >= 0.6 is 0 Å². The van der Waals surface area contributed by atoms with E-state index in [1.165, 1.54) is 26.3 Å². The molecule has 0 saturated heterocycles. The van der Waals surface area contributed by atoms with Crippen LogP contribution in [0.5, 0.6) is 0 Å². The van der Waals surface area contributed by atoms with Crippen LogP contribution in [0.15, 0.2) is 47.4 Å². The number of imidazole rings is 1. The number of aromatic nitrogens is 2. The second-order valence-electron chi connectivity index (χ2n) is 7.38. The molecule has 7 nitrogen and oxygen atoms in total. The van der Waals surface area contributed by atoms with E-state index in [2.05, 4.69) is 20.0 Å². The summed E-state index contributed by atoms with van der Waals surface area (Å²) < 4.78 is 25.8. The van der Waals surface area contributed by atoms with Crippen LogP contribution in [-0.2, 0) is 21.2 Å². The minimum absolute atomic E-state index is 0.0880. The van der Waals surface area contributed by atoms with Gasteiger partial charge in [0.05, 0.1) is 15.9 Å². The molecule has 29 heavy (non-hydrogen) atoms. The summed E-state index contributed by atoms with van der Waals surface area (Å²) in [6, 6.07) is 12.3. The Morgan fingerprint density at radius 3 is 2.59 bits per heavy atom. The Morgan fingerprint density at radius 1 is 1.17 bits per heavy atom. The normalized spacial score (nSPS) is 14.7. The van der Waals surface area contributed by atoms with Gasteiger partial charge in [-0.2, -0.15) is 0 Å². The highest BCUT2D eigenvalue weighted by Gasteiger charge is 2.22. The molecule has 4 rings (SSSR count). The molecule has 1 saturated carbocycles. The average Bonchev–Trinajstić information content (AvgIpc) is 3.07. The van der Waals surface area contributed by atoms with E-state index >= 15 is 0 Å². The summed E-state index contributed by atoms with van der Waals surface area (Å²) in [4.78, 5) is 20.6. The smallest absolute Gasteiger partial charge is 0.240 e. The van der Waals surface area contributed by atoms with Crippen molar-refractivity contribution in [1.82, 2.24) is 14.7 Å². The van der Waals surface area contributed by atoms with Gasteiger partial charge in [-0.25, -0.2) is 18.1 Å². The van der Waals surface area contributed by atoms with E-state index in [0.717, 1.165) is 28.1 Å². The van der Waals surface area contributed by atoms with Gasteiger partial charge < -0.3 is 10.3 Å². The number of hydrogen-bond acceptors (Lipinski definition) is 4. The first-order chi connectivity index (χ1) is 13.9. The van der Waals surface area contributed by atoms with Crippen LogP contribution in [-0.4, -0.2) is 31.3 Å². The number of aromatic amines is 1. The third-order valence-corrected chi connectivity index (χ3v) is 6.85. The number of benzene rings is 2. The van der Waals surface area contributed by atoms with E-state index in [0.29, 0.717) is 18.8 Å². The molecule has 1 fully saturated rings. The van der Waals surface area contributed by atoms with Crippen LogP contribution in [0.4, 0.5) is 5.69 Å². The standard InChI is InChI=1S/C21H24N4O3S/c1-22-29(27,28)17-9-5-14(6-10-17)7-12-20(26)23-16-8-11-18-19(13-16)25-21(24-18)15-3-2-4-15/h5-6,8-11,13,15,22H,2-4,7,12H2,1H3,(H,23,26)(H,24,25).